The van der Waals surface area contributed by atoms with Gasteiger partial charge in [0.15, 0.2) is 0 Å². The van der Waals surface area contributed by atoms with E-state index in [4.69, 9.17) is 0 Å². The molecule has 2 N–H and O–H groups in total. The minimum absolute atomic E-state index is 0.130. The quantitative estimate of drug-likeness (QED) is 0.805. The molecular weight excluding hydrogens is 220 g/mol. The maximum absolute atomic E-state index is 11.7. The molecule has 17 heavy (non-hydrogen) atoms. The molecule has 0 saturated carbocycles. The first kappa shape index (κ1) is 11.1. The third kappa shape index (κ3) is 2.41. The summed E-state index contributed by atoms with van der Waals surface area (Å²) in [6.45, 7) is 0.358. The van der Waals surface area contributed by atoms with Gasteiger partial charge in [-0.2, -0.15) is 5.10 Å². The fourth-order valence-corrected chi connectivity index (χ4v) is 1.42. The lowest BCUT2D eigenvalue weighted by Crippen LogP contribution is -2.24. The molecule has 0 unspecified atom stereocenters. The zero-order valence-electron chi connectivity index (χ0n) is 9.29. The first-order valence-corrected chi connectivity index (χ1v) is 5.06. The van der Waals surface area contributed by atoms with E-state index in [1.54, 1.807) is 17.9 Å². The minimum Gasteiger partial charge on any atom is -0.505 e. The number of pyridine rings is 1. The Kier molecular flexibility index (Phi) is 3.04. The lowest BCUT2D eigenvalue weighted by Gasteiger charge is -2.06. The molecule has 2 rings (SSSR count). The Hall–Kier alpha value is -2.37. The van der Waals surface area contributed by atoms with Crippen LogP contribution in [-0.4, -0.2) is 25.8 Å². The van der Waals surface area contributed by atoms with E-state index in [1.165, 1.54) is 18.5 Å². The fourth-order valence-electron chi connectivity index (χ4n) is 1.42. The number of amides is 1. The molecule has 2 aromatic heterocycles. The molecule has 2 aromatic rings. The summed E-state index contributed by atoms with van der Waals surface area (Å²) in [5.74, 6) is -0.471. The Balaban J connectivity index is 2.04. The Morgan fingerprint density at radius 3 is 2.94 bits per heavy atom. The summed E-state index contributed by atoms with van der Waals surface area (Å²) in [7, 11) is 1.80. The second-order valence-corrected chi connectivity index (χ2v) is 3.52. The number of carbonyl (C=O) groups is 1. The first-order chi connectivity index (χ1) is 8.18. The summed E-state index contributed by atoms with van der Waals surface area (Å²) in [5, 5.41) is 16.1. The largest absolute Gasteiger partial charge is 0.505 e. The molecule has 0 radical (unpaired) electrons. The number of hydrogen-bond donors (Lipinski definition) is 2. The molecule has 2 heterocycles. The summed E-state index contributed by atoms with van der Waals surface area (Å²) in [5.41, 5.74) is 1.09. The highest BCUT2D eigenvalue weighted by molar-refractivity contribution is 5.96. The summed E-state index contributed by atoms with van der Waals surface area (Å²) in [6.07, 6.45) is 4.35. The van der Waals surface area contributed by atoms with Crippen LogP contribution < -0.4 is 5.32 Å². The number of aryl methyl sites for hydroxylation is 1. The van der Waals surface area contributed by atoms with Gasteiger partial charge in [-0.25, -0.2) is 0 Å². The zero-order chi connectivity index (χ0) is 12.3. The summed E-state index contributed by atoms with van der Waals surface area (Å²) >= 11 is 0. The van der Waals surface area contributed by atoms with Crippen molar-refractivity contribution in [3.8, 4) is 5.75 Å². The van der Waals surface area contributed by atoms with Gasteiger partial charge in [0.05, 0.1) is 24.0 Å². The van der Waals surface area contributed by atoms with Crippen LogP contribution in [-0.2, 0) is 13.6 Å². The molecule has 0 aliphatic carbocycles. The van der Waals surface area contributed by atoms with Crippen LogP contribution in [0.3, 0.4) is 0 Å². The molecule has 0 aliphatic heterocycles. The molecule has 0 atom stereocenters. The maximum Gasteiger partial charge on any atom is 0.255 e. The Bertz CT molecular complexity index is 536. The van der Waals surface area contributed by atoms with Crippen molar-refractivity contribution in [1.82, 2.24) is 20.1 Å². The van der Waals surface area contributed by atoms with Crippen molar-refractivity contribution < 1.29 is 9.90 Å². The van der Waals surface area contributed by atoms with Crippen LogP contribution in [0.5, 0.6) is 5.75 Å². The van der Waals surface area contributed by atoms with Crippen LogP contribution in [0.1, 0.15) is 16.1 Å². The third-order valence-electron chi connectivity index (χ3n) is 2.40. The van der Waals surface area contributed by atoms with Crippen LogP contribution in [0, 0.1) is 0 Å². The lowest BCUT2D eigenvalue weighted by atomic mass is 10.2. The van der Waals surface area contributed by atoms with Crippen molar-refractivity contribution in [2.24, 2.45) is 7.05 Å². The fraction of sp³-hybridized carbons (Fsp3) is 0.182. The van der Waals surface area contributed by atoms with Crippen LogP contribution in [0.2, 0.25) is 0 Å². The van der Waals surface area contributed by atoms with E-state index < -0.39 is 0 Å². The molecule has 0 bridgehead atoms. The maximum atomic E-state index is 11.7. The first-order valence-electron chi connectivity index (χ1n) is 5.06. The molecule has 6 nitrogen and oxygen atoms in total. The van der Waals surface area contributed by atoms with Crippen molar-refractivity contribution in [1.29, 1.82) is 0 Å². The highest BCUT2D eigenvalue weighted by atomic mass is 16.3. The molecule has 0 fully saturated rings. The van der Waals surface area contributed by atoms with E-state index in [0.29, 0.717) is 6.54 Å². The zero-order valence-corrected chi connectivity index (χ0v) is 9.29. The summed E-state index contributed by atoms with van der Waals surface area (Å²) < 4.78 is 1.67. The molecule has 0 aromatic carbocycles. The van der Waals surface area contributed by atoms with Crippen LogP contribution >= 0.6 is 0 Å². The third-order valence-corrected chi connectivity index (χ3v) is 2.40. The van der Waals surface area contributed by atoms with Gasteiger partial charge in [-0.1, -0.05) is 0 Å². The topological polar surface area (TPSA) is 80.0 Å². The van der Waals surface area contributed by atoms with Crippen molar-refractivity contribution >= 4 is 5.91 Å². The smallest absolute Gasteiger partial charge is 0.255 e. The number of nitrogens with zero attached hydrogens (tertiary/aromatic N) is 3. The predicted octanol–water partition coefficient (Wildman–Crippen LogP) is 0.451. The van der Waals surface area contributed by atoms with Crippen molar-refractivity contribution in [2.45, 2.75) is 6.54 Å². The van der Waals surface area contributed by atoms with Crippen LogP contribution in [0.15, 0.2) is 30.7 Å². The second kappa shape index (κ2) is 4.65. The van der Waals surface area contributed by atoms with E-state index in [2.05, 4.69) is 15.4 Å². The van der Waals surface area contributed by atoms with Gasteiger partial charge in [-0.05, 0) is 12.1 Å². The second-order valence-electron chi connectivity index (χ2n) is 3.52. The van der Waals surface area contributed by atoms with Crippen molar-refractivity contribution in [3.05, 3.63) is 42.0 Å². The molecule has 0 saturated heterocycles. The number of carbonyl (C=O) groups excluding carboxylic acids is 1. The van der Waals surface area contributed by atoms with E-state index in [1.807, 2.05) is 6.07 Å². The van der Waals surface area contributed by atoms with Gasteiger partial charge in [0.2, 0.25) is 0 Å². The predicted molar refractivity (Wildman–Crippen MR) is 60.3 cm³/mol. The van der Waals surface area contributed by atoms with E-state index >= 15 is 0 Å². The van der Waals surface area contributed by atoms with Gasteiger partial charge < -0.3 is 10.4 Å². The molecular formula is C11H12N4O2. The van der Waals surface area contributed by atoms with Gasteiger partial charge in [-0.3, -0.25) is 14.5 Å². The summed E-state index contributed by atoms with van der Waals surface area (Å²) in [6, 6.07) is 3.28. The molecule has 1 amide bonds. The molecule has 0 spiro atoms. The van der Waals surface area contributed by atoms with Gasteiger partial charge in [-0.15, -0.1) is 0 Å². The highest BCUT2D eigenvalue weighted by Crippen LogP contribution is 2.13. The van der Waals surface area contributed by atoms with Crippen LogP contribution in [0.4, 0.5) is 0 Å². The minimum atomic E-state index is -0.342. The van der Waals surface area contributed by atoms with E-state index in [-0.39, 0.29) is 17.2 Å². The monoisotopic (exact) mass is 232 g/mol. The van der Waals surface area contributed by atoms with Gasteiger partial charge in [0, 0.05) is 19.4 Å². The molecule has 6 heteroatoms. The highest BCUT2D eigenvalue weighted by Gasteiger charge is 2.10. The average molecular weight is 232 g/mol. The normalized spacial score (nSPS) is 10.2. The SMILES string of the molecule is Cn1nccc1CNC(=O)c1ccncc1O. The van der Waals surface area contributed by atoms with Gasteiger partial charge >= 0.3 is 0 Å². The van der Waals surface area contributed by atoms with Crippen molar-refractivity contribution in [3.63, 3.8) is 0 Å². The van der Waals surface area contributed by atoms with Crippen LogP contribution in [0.25, 0.3) is 0 Å². The van der Waals surface area contributed by atoms with Gasteiger partial charge in [0.1, 0.15) is 5.75 Å². The standard InChI is InChI=1S/C11H12N4O2/c1-15-8(2-5-14-15)6-13-11(17)9-3-4-12-7-10(9)16/h2-5,7,16H,6H2,1H3,(H,13,17). The van der Waals surface area contributed by atoms with E-state index in [9.17, 15) is 9.90 Å². The average Bonchev–Trinajstić information content (AvgIpc) is 2.72. The number of nitrogens with one attached hydrogen (secondary N) is 1. The number of hydrogen-bond acceptors (Lipinski definition) is 4. The Morgan fingerprint density at radius 1 is 1.47 bits per heavy atom. The Labute approximate surface area is 97.9 Å². The Morgan fingerprint density at radius 2 is 2.29 bits per heavy atom. The number of rotatable bonds is 3. The van der Waals surface area contributed by atoms with Gasteiger partial charge in [0.25, 0.3) is 5.91 Å². The number of aromatic hydroxyl groups is 1. The lowest BCUT2D eigenvalue weighted by molar-refractivity contribution is 0.0947. The molecule has 0 aliphatic rings. The van der Waals surface area contributed by atoms with E-state index in [0.717, 1.165) is 5.69 Å². The number of aromatic nitrogens is 3. The molecule has 88 valence electrons. The summed E-state index contributed by atoms with van der Waals surface area (Å²) in [4.78, 5) is 15.5. The van der Waals surface area contributed by atoms with Crippen molar-refractivity contribution in [2.75, 3.05) is 0 Å².